The van der Waals surface area contributed by atoms with E-state index < -0.39 is 0 Å². The summed E-state index contributed by atoms with van der Waals surface area (Å²) in [5.41, 5.74) is 0.981. The van der Waals surface area contributed by atoms with Crippen LogP contribution in [0.25, 0.3) is 0 Å². The average Bonchev–Trinajstić information content (AvgIpc) is 2.31. The Morgan fingerprint density at radius 2 is 2.06 bits per heavy atom. The highest BCUT2D eigenvalue weighted by Crippen LogP contribution is 2.10. The third-order valence-corrected chi connectivity index (χ3v) is 2.27. The van der Waals surface area contributed by atoms with Gasteiger partial charge in [0.1, 0.15) is 0 Å². The molecule has 16 heavy (non-hydrogen) atoms. The number of amides is 1. The number of rotatable bonds is 6. The summed E-state index contributed by atoms with van der Waals surface area (Å²) < 4.78 is 0. The molecule has 0 saturated carbocycles. The summed E-state index contributed by atoms with van der Waals surface area (Å²) in [6.45, 7) is 2.69. The van der Waals surface area contributed by atoms with Gasteiger partial charge in [-0.15, -0.1) is 0 Å². The van der Waals surface area contributed by atoms with Crippen molar-refractivity contribution in [1.29, 1.82) is 0 Å². The second-order valence-electron chi connectivity index (χ2n) is 3.48. The maximum atomic E-state index is 11.2. The lowest BCUT2D eigenvalue weighted by Crippen LogP contribution is -2.36. The molecule has 1 atom stereocenters. The van der Waals surface area contributed by atoms with Gasteiger partial charge in [-0.05, 0) is 12.5 Å². The summed E-state index contributed by atoms with van der Waals surface area (Å²) in [5, 5.41) is 14.9. The van der Waals surface area contributed by atoms with E-state index in [0.29, 0.717) is 6.54 Å². The van der Waals surface area contributed by atoms with E-state index in [1.807, 2.05) is 37.3 Å². The van der Waals surface area contributed by atoms with Gasteiger partial charge in [0.25, 0.3) is 0 Å². The van der Waals surface area contributed by atoms with Gasteiger partial charge in [0.05, 0.1) is 19.2 Å². The second-order valence-corrected chi connectivity index (χ2v) is 3.48. The Balaban J connectivity index is 2.47. The van der Waals surface area contributed by atoms with E-state index >= 15 is 0 Å². The highest BCUT2D eigenvalue weighted by Gasteiger charge is 2.10. The molecule has 4 nitrogen and oxygen atoms in total. The highest BCUT2D eigenvalue weighted by atomic mass is 16.3. The summed E-state index contributed by atoms with van der Waals surface area (Å²) in [4.78, 5) is 11.2. The van der Waals surface area contributed by atoms with Crippen molar-refractivity contribution >= 4 is 5.91 Å². The van der Waals surface area contributed by atoms with E-state index in [9.17, 15) is 9.90 Å². The van der Waals surface area contributed by atoms with Crippen molar-refractivity contribution in [3.05, 3.63) is 35.9 Å². The molecule has 88 valence electrons. The monoisotopic (exact) mass is 222 g/mol. The first-order valence-corrected chi connectivity index (χ1v) is 5.43. The maximum absolute atomic E-state index is 11.2. The topological polar surface area (TPSA) is 61.4 Å². The second kappa shape index (κ2) is 6.98. The molecule has 1 aromatic rings. The van der Waals surface area contributed by atoms with Gasteiger partial charge in [-0.2, -0.15) is 0 Å². The van der Waals surface area contributed by atoms with Crippen LogP contribution in [0.5, 0.6) is 0 Å². The van der Waals surface area contributed by atoms with E-state index in [2.05, 4.69) is 10.6 Å². The van der Waals surface area contributed by atoms with Crippen LogP contribution in [0.3, 0.4) is 0 Å². The molecule has 1 rings (SSSR count). The van der Waals surface area contributed by atoms with Crippen LogP contribution in [0.1, 0.15) is 18.5 Å². The molecule has 1 amide bonds. The molecule has 3 N–H and O–H groups in total. The zero-order valence-corrected chi connectivity index (χ0v) is 9.44. The molecule has 0 saturated heterocycles. The minimum absolute atomic E-state index is 0.0244. The molecule has 0 aliphatic rings. The first-order chi connectivity index (χ1) is 7.77. The van der Waals surface area contributed by atoms with E-state index in [1.54, 1.807) is 0 Å². The quantitative estimate of drug-likeness (QED) is 0.654. The number of hydrogen-bond donors (Lipinski definition) is 3. The van der Waals surface area contributed by atoms with E-state index in [-0.39, 0.29) is 25.1 Å². The van der Waals surface area contributed by atoms with Crippen molar-refractivity contribution < 1.29 is 9.90 Å². The van der Waals surface area contributed by atoms with E-state index in [1.165, 1.54) is 0 Å². The van der Waals surface area contributed by atoms with E-state index in [4.69, 9.17) is 0 Å². The molecule has 0 fully saturated rings. The van der Waals surface area contributed by atoms with Gasteiger partial charge in [-0.25, -0.2) is 0 Å². The molecule has 0 heterocycles. The number of aliphatic hydroxyl groups excluding tert-OH is 1. The predicted molar refractivity (Wildman–Crippen MR) is 63.0 cm³/mol. The normalized spacial score (nSPS) is 12.1. The zero-order valence-electron chi connectivity index (χ0n) is 9.44. The number of likely N-dealkylation sites (N-methyl/N-ethyl adjacent to an activating group) is 1. The Hall–Kier alpha value is -1.39. The lowest BCUT2D eigenvalue weighted by molar-refractivity contribution is -0.120. The van der Waals surface area contributed by atoms with Gasteiger partial charge < -0.3 is 10.4 Å². The minimum Gasteiger partial charge on any atom is -0.394 e. The standard InChI is InChI=1S/C12H18N2O2/c1-2-13-12(16)8-14-11(9-15)10-6-4-3-5-7-10/h3-7,11,14-15H,2,8-9H2,1H3,(H,13,16). The lowest BCUT2D eigenvalue weighted by Gasteiger charge is -2.16. The van der Waals surface area contributed by atoms with Crippen molar-refractivity contribution in [2.45, 2.75) is 13.0 Å². The summed E-state index contributed by atoms with van der Waals surface area (Å²) >= 11 is 0. The molecule has 0 aromatic heterocycles. The largest absolute Gasteiger partial charge is 0.394 e. The molecule has 0 spiro atoms. The molecule has 0 bridgehead atoms. The number of aliphatic hydroxyl groups is 1. The van der Waals surface area contributed by atoms with Crippen LogP contribution in [0.4, 0.5) is 0 Å². The molecular weight excluding hydrogens is 204 g/mol. The van der Waals surface area contributed by atoms with Gasteiger partial charge in [0.15, 0.2) is 0 Å². The van der Waals surface area contributed by atoms with Crippen LogP contribution in [0.2, 0.25) is 0 Å². The average molecular weight is 222 g/mol. The summed E-state index contributed by atoms with van der Waals surface area (Å²) in [6, 6.07) is 9.39. The van der Waals surface area contributed by atoms with Crippen molar-refractivity contribution in [3.8, 4) is 0 Å². The number of carbonyl (C=O) groups excluding carboxylic acids is 1. The highest BCUT2D eigenvalue weighted by molar-refractivity contribution is 5.77. The third-order valence-electron chi connectivity index (χ3n) is 2.27. The Morgan fingerprint density at radius 3 is 2.62 bits per heavy atom. The third kappa shape index (κ3) is 4.00. The van der Waals surface area contributed by atoms with Crippen molar-refractivity contribution in [3.63, 3.8) is 0 Å². The van der Waals surface area contributed by atoms with Gasteiger partial charge in [0, 0.05) is 6.54 Å². The first kappa shape index (κ1) is 12.7. The molecule has 1 unspecified atom stereocenters. The van der Waals surface area contributed by atoms with Crippen LogP contribution in [-0.4, -0.2) is 30.7 Å². The Bertz CT molecular complexity index is 314. The van der Waals surface area contributed by atoms with Crippen LogP contribution < -0.4 is 10.6 Å². The molecule has 1 aromatic carbocycles. The SMILES string of the molecule is CCNC(=O)CNC(CO)c1ccccc1. The fourth-order valence-electron chi connectivity index (χ4n) is 1.45. The fourth-order valence-corrected chi connectivity index (χ4v) is 1.45. The summed E-state index contributed by atoms with van der Waals surface area (Å²) in [5.74, 6) is -0.0584. The fraction of sp³-hybridized carbons (Fsp3) is 0.417. The molecule has 0 aliphatic heterocycles. The Kier molecular flexibility index (Phi) is 5.53. The van der Waals surface area contributed by atoms with Gasteiger partial charge in [-0.3, -0.25) is 10.1 Å². The summed E-state index contributed by atoms with van der Waals surface area (Å²) in [7, 11) is 0. The number of carbonyl (C=O) groups is 1. The van der Waals surface area contributed by atoms with E-state index in [0.717, 1.165) is 5.56 Å². The number of benzene rings is 1. The van der Waals surface area contributed by atoms with Crippen molar-refractivity contribution in [1.82, 2.24) is 10.6 Å². The van der Waals surface area contributed by atoms with Crippen LogP contribution >= 0.6 is 0 Å². The number of nitrogens with one attached hydrogen (secondary N) is 2. The molecule has 0 aliphatic carbocycles. The van der Waals surface area contributed by atoms with Crippen molar-refractivity contribution in [2.24, 2.45) is 0 Å². The summed E-state index contributed by atoms with van der Waals surface area (Å²) in [6.07, 6.45) is 0. The van der Waals surface area contributed by atoms with Crippen LogP contribution in [0.15, 0.2) is 30.3 Å². The predicted octanol–water partition coefficient (Wildman–Crippen LogP) is 0.446. The van der Waals surface area contributed by atoms with Crippen LogP contribution in [-0.2, 0) is 4.79 Å². The smallest absolute Gasteiger partial charge is 0.233 e. The first-order valence-electron chi connectivity index (χ1n) is 5.43. The van der Waals surface area contributed by atoms with Crippen LogP contribution in [0, 0.1) is 0 Å². The maximum Gasteiger partial charge on any atom is 0.233 e. The number of hydrogen-bond acceptors (Lipinski definition) is 3. The van der Waals surface area contributed by atoms with Crippen molar-refractivity contribution in [2.75, 3.05) is 19.7 Å². The molecule has 0 radical (unpaired) electrons. The van der Waals surface area contributed by atoms with Gasteiger partial charge in [0.2, 0.25) is 5.91 Å². The minimum atomic E-state index is -0.191. The molecular formula is C12H18N2O2. The van der Waals surface area contributed by atoms with Gasteiger partial charge >= 0.3 is 0 Å². The molecule has 4 heteroatoms. The lowest BCUT2D eigenvalue weighted by atomic mass is 10.1. The Morgan fingerprint density at radius 1 is 1.38 bits per heavy atom. The zero-order chi connectivity index (χ0) is 11.8. The van der Waals surface area contributed by atoms with Gasteiger partial charge in [-0.1, -0.05) is 30.3 Å². The Labute approximate surface area is 95.7 Å².